The van der Waals surface area contributed by atoms with E-state index < -0.39 is 9.84 Å². The molecular weight excluding hydrogens is 350 g/mol. The van der Waals surface area contributed by atoms with Gasteiger partial charge in [-0.3, -0.25) is 9.78 Å². The summed E-state index contributed by atoms with van der Waals surface area (Å²) in [5.41, 5.74) is 2.78. The molecule has 3 rings (SSSR count). The number of aryl methyl sites for hydroxylation is 1. The van der Waals surface area contributed by atoms with Crippen molar-refractivity contribution >= 4 is 15.8 Å². The molecule has 0 unspecified atom stereocenters. The molecule has 0 aliphatic heterocycles. The maximum absolute atomic E-state index is 12.7. The lowest BCUT2D eigenvalue weighted by molar-refractivity contribution is -0.145. The Morgan fingerprint density at radius 1 is 1.15 bits per heavy atom. The molecule has 0 saturated heterocycles. The van der Waals surface area contributed by atoms with Crippen LogP contribution in [0.3, 0.4) is 0 Å². The van der Waals surface area contributed by atoms with Crippen LogP contribution < -0.4 is 0 Å². The third-order valence-corrected chi connectivity index (χ3v) is 6.85. The van der Waals surface area contributed by atoms with Crippen LogP contribution >= 0.6 is 0 Å². The fourth-order valence-corrected chi connectivity index (χ4v) is 5.15. The van der Waals surface area contributed by atoms with E-state index in [1.807, 2.05) is 19.1 Å². The molecule has 1 fully saturated rings. The van der Waals surface area contributed by atoms with E-state index in [0.717, 1.165) is 23.2 Å². The minimum Gasteiger partial charge on any atom is -0.469 e. The largest absolute Gasteiger partial charge is 0.469 e. The Bertz CT molecular complexity index is 873. The lowest BCUT2D eigenvalue weighted by atomic mass is 10.1. The van der Waals surface area contributed by atoms with Crippen LogP contribution in [0.5, 0.6) is 0 Å². The Hall–Kier alpha value is -2.21. The fraction of sp³-hybridized carbons (Fsp3) is 0.400. The van der Waals surface area contributed by atoms with E-state index in [1.54, 1.807) is 30.5 Å². The smallest absolute Gasteiger partial charge is 0.308 e. The zero-order chi connectivity index (χ0) is 18.7. The second-order valence-electron chi connectivity index (χ2n) is 6.93. The van der Waals surface area contributed by atoms with Gasteiger partial charge in [0, 0.05) is 11.8 Å². The fourth-order valence-electron chi connectivity index (χ4n) is 3.49. The summed E-state index contributed by atoms with van der Waals surface area (Å²) in [6.45, 7) is 1.97. The van der Waals surface area contributed by atoms with Crippen molar-refractivity contribution in [3.63, 3.8) is 0 Å². The summed E-state index contributed by atoms with van der Waals surface area (Å²) in [4.78, 5) is 16.3. The molecule has 2 atom stereocenters. The molecule has 0 spiro atoms. The number of hydrogen-bond acceptors (Lipinski definition) is 5. The molecule has 1 aromatic carbocycles. The lowest BCUT2D eigenvalue weighted by Crippen LogP contribution is -2.17. The van der Waals surface area contributed by atoms with Gasteiger partial charge in [0.2, 0.25) is 0 Å². The van der Waals surface area contributed by atoms with Gasteiger partial charge in [-0.25, -0.2) is 8.42 Å². The number of ether oxygens (including phenoxy) is 1. The van der Waals surface area contributed by atoms with Crippen molar-refractivity contribution in [2.75, 3.05) is 12.9 Å². The highest BCUT2D eigenvalue weighted by molar-refractivity contribution is 7.91. The number of nitrogens with zero attached hydrogens (tertiary/aromatic N) is 1. The first kappa shape index (κ1) is 18.6. The van der Waals surface area contributed by atoms with Crippen LogP contribution in [0.15, 0.2) is 47.5 Å². The van der Waals surface area contributed by atoms with Crippen LogP contribution in [0.4, 0.5) is 0 Å². The maximum atomic E-state index is 12.7. The Kier molecular flexibility index (Phi) is 5.41. The number of carbonyl (C=O) groups excluding carboxylic acids is 1. The Morgan fingerprint density at radius 2 is 1.88 bits per heavy atom. The van der Waals surface area contributed by atoms with E-state index in [1.165, 1.54) is 7.11 Å². The van der Waals surface area contributed by atoms with Gasteiger partial charge in [0.15, 0.2) is 9.84 Å². The van der Waals surface area contributed by atoms with Gasteiger partial charge in [0.25, 0.3) is 0 Å². The summed E-state index contributed by atoms with van der Waals surface area (Å²) in [7, 11) is -2.01. The Balaban J connectivity index is 1.70. The number of carbonyl (C=O) groups is 1. The van der Waals surface area contributed by atoms with Crippen LogP contribution in [-0.2, 0) is 19.4 Å². The van der Waals surface area contributed by atoms with E-state index in [2.05, 4.69) is 4.98 Å². The van der Waals surface area contributed by atoms with Crippen molar-refractivity contribution in [3.05, 3.63) is 48.2 Å². The number of rotatable bonds is 5. The number of hydrogen-bond donors (Lipinski definition) is 0. The number of esters is 1. The average Bonchev–Trinajstić information content (AvgIpc) is 3.09. The molecule has 1 saturated carbocycles. The molecule has 26 heavy (non-hydrogen) atoms. The summed E-state index contributed by atoms with van der Waals surface area (Å²) in [5.74, 6) is -0.333. The van der Waals surface area contributed by atoms with E-state index >= 15 is 0 Å². The van der Waals surface area contributed by atoms with Crippen molar-refractivity contribution in [2.24, 2.45) is 11.8 Å². The number of sulfone groups is 1. The van der Waals surface area contributed by atoms with Crippen LogP contribution in [0, 0.1) is 18.8 Å². The molecule has 1 aliphatic carbocycles. The number of pyridine rings is 1. The van der Waals surface area contributed by atoms with Crippen LogP contribution in [0.1, 0.15) is 24.8 Å². The first-order valence-electron chi connectivity index (χ1n) is 8.73. The molecule has 0 amide bonds. The maximum Gasteiger partial charge on any atom is 0.308 e. The van der Waals surface area contributed by atoms with Gasteiger partial charge < -0.3 is 4.74 Å². The molecule has 1 aromatic heterocycles. The molecule has 0 bridgehead atoms. The van der Waals surface area contributed by atoms with Crippen molar-refractivity contribution < 1.29 is 17.9 Å². The standard InChI is InChI=1S/C20H23NO4S/c1-14-3-10-19(21-12-14)16-6-8-18(9-7-16)26(23,24)13-15-4-5-17(11-15)20(22)25-2/h3,6-10,12,15,17H,4-5,11,13H2,1-2H3/t15-,17+/m0/s1. The SMILES string of the molecule is COC(=O)[C@@H]1CC[C@H](CS(=O)(=O)c2ccc(-c3ccc(C)cn3)cc2)C1. The summed E-state index contributed by atoms with van der Waals surface area (Å²) in [5, 5.41) is 0. The molecule has 1 aliphatic rings. The molecule has 1 heterocycles. The molecule has 138 valence electrons. The monoisotopic (exact) mass is 373 g/mol. The van der Waals surface area contributed by atoms with Gasteiger partial charge in [-0.1, -0.05) is 18.2 Å². The number of benzene rings is 1. The first-order chi connectivity index (χ1) is 12.4. The minimum absolute atomic E-state index is 0.00235. The molecular formula is C20H23NO4S. The van der Waals surface area contributed by atoms with E-state index in [0.29, 0.717) is 17.7 Å². The van der Waals surface area contributed by atoms with E-state index in [9.17, 15) is 13.2 Å². The predicted molar refractivity (Wildman–Crippen MR) is 99.3 cm³/mol. The average molecular weight is 373 g/mol. The van der Waals surface area contributed by atoms with Crippen molar-refractivity contribution in [2.45, 2.75) is 31.1 Å². The molecule has 0 N–H and O–H groups in total. The van der Waals surface area contributed by atoms with Gasteiger partial charge in [0.1, 0.15) is 0 Å². The van der Waals surface area contributed by atoms with Crippen LogP contribution in [0.2, 0.25) is 0 Å². The highest BCUT2D eigenvalue weighted by Crippen LogP contribution is 2.34. The molecule has 5 nitrogen and oxygen atoms in total. The van der Waals surface area contributed by atoms with Gasteiger partial charge in [0.05, 0.1) is 29.4 Å². The van der Waals surface area contributed by atoms with E-state index in [-0.39, 0.29) is 23.6 Å². The normalized spacial score (nSPS) is 20.1. The van der Waals surface area contributed by atoms with E-state index in [4.69, 9.17) is 4.74 Å². The third kappa shape index (κ3) is 4.12. The summed E-state index contributed by atoms with van der Waals surface area (Å²) < 4.78 is 30.2. The van der Waals surface area contributed by atoms with Gasteiger partial charge in [-0.05, 0) is 55.9 Å². The predicted octanol–water partition coefficient (Wildman–Crippen LogP) is 3.42. The van der Waals surface area contributed by atoms with Crippen molar-refractivity contribution in [3.8, 4) is 11.3 Å². The third-order valence-electron chi connectivity index (χ3n) is 4.95. The van der Waals surface area contributed by atoms with Gasteiger partial charge in [-0.15, -0.1) is 0 Å². The molecule has 6 heteroatoms. The van der Waals surface area contributed by atoms with Gasteiger partial charge >= 0.3 is 5.97 Å². The highest BCUT2D eigenvalue weighted by atomic mass is 32.2. The second kappa shape index (κ2) is 7.58. The zero-order valence-electron chi connectivity index (χ0n) is 15.0. The van der Waals surface area contributed by atoms with Crippen molar-refractivity contribution in [1.82, 2.24) is 4.98 Å². The summed E-state index contributed by atoms with van der Waals surface area (Å²) >= 11 is 0. The highest BCUT2D eigenvalue weighted by Gasteiger charge is 2.33. The van der Waals surface area contributed by atoms with Crippen molar-refractivity contribution in [1.29, 1.82) is 0 Å². The summed E-state index contributed by atoms with van der Waals surface area (Å²) in [6.07, 6.45) is 3.81. The zero-order valence-corrected chi connectivity index (χ0v) is 15.8. The Labute approximate surface area is 154 Å². The summed E-state index contributed by atoms with van der Waals surface area (Å²) in [6, 6.07) is 10.7. The number of methoxy groups -OCH3 is 1. The van der Waals surface area contributed by atoms with Crippen LogP contribution in [-0.4, -0.2) is 32.2 Å². The van der Waals surface area contributed by atoms with Crippen LogP contribution in [0.25, 0.3) is 11.3 Å². The minimum atomic E-state index is -3.38. The van der Waals surface area contributed by atoms with Gasteiger partial charge in [-0.2, -0.15) is 0 Å². The molecule has 2 aromatic rings. The first-order valence-corrected chi connectivity index (χ1v) is 10.4. The molecule has 0 radical (unpaired) electrons. The Morgan fingerprint density at radius 3 is 2.50 bits per heavy atom. The number of aromatic nitrogens is 1. The topological polar surface area (TPSA) is 73.3 Å². The second-order valence-corrected chi connectivity index (χ2v) is 8.96. The quantitative estimate of drug-likeness (QED) is 0.751. The lowest BCUT2D eigenvalue weighted by Gasteiger charge is -2.11.